The van der Waals surface area contributed by atoms with E-state index in [-0.39, 0.29) is 5.91 Å². The molecule has 146 valence electrons. The van der Waals surface area contributed by atoms with E-state index in [0.717, 1.165) is 16.9 Å². The topological polar surface area (TPSA) is 38.8 Å². The highest BCUT2D eigenvalue weighted by molar-refractivity contribution is 8.26. The second-order valence-corrected chi connectivity index (χ2v) is 8.15. The van der Waals surface area contributed by atoms with E-state index in [0.29, 0.717) is 39.8 Å². The average molecular weight is 434 g/mol. The third-order valence-electron chi connectivity index (χ3n) is 4.13. The van der Waals surface area contributed by atoms with E-state index < -0.39 is 0 Å². The minimum atomic E-state index is -0.0613. The lowest BCUT2D eigenvalue weighted by atomic mass is 10.2. The maximum absolute atomic E-state index is 12.4. The predicted octanol–water partition coefficient (Wildman–Crippen LogP) is 5.33. The molecule has 1 saturated heterocycles. The summed E-state index contributed by atoms with van der Waals surface area (Å²) in [4.78, 5) is 14.6. The molecule has 0 radical (unpaired) electrons. The molecule has 1 amide bonds. The Hall–Kier alpha value is -2.02. The van der Waals surface area contributed by atoms with Crippen molar-refractivity contribution in [2.45, 2.75) is 13.8 Å². The minimum absolute atomic E-state index is 0.0613. The number of para-hydroxylation sites is 1. The number of thioether (sulfide) groups is 1. The van der Waals surface area contributed by atoms with Crippen LogP contribution in [0.4, 0.5) is 0 Å². The second kappa shape index (κ2) is 9.45. The standard InChI is InChI=1S/C21H20ClNO3S2/c1-3-23-20(24)19(28-21(23)27)13-15-6-4-5-7-18(15)26-11-10-25-16-8-9-17(22)14(2)12-16/h4-9,12-13H,3,10-11H2,1-2H3/b19-13-. The molecule has 0 bridgehead atoms. The van der Waals surface area contributed by atoms with Gasteiger partial charge in [-0.25, -0.2) is 0 Å². The van der Waals surface area contributed by atoms with Crippen molar-refractivity contribution in [1.82, 2.24) is 4.90 Å². The number of rotatable bonds is 7. The van der Waals surface area contributed by atoms with Gasteiger partial charge in [0.15, 0.2) is 0 Å². The van der Waals surface area contributed by atoms with Crippen molar-refractivity contribution in [3.63, 3.8) is 0 Å². The fourth-order valence-corrected chi connectivity index (χ4v) is 4.16. The molecule has 28 heavy (non-hydrogen) atoms. The fourth-order valence-electron chi connectivity index (χ4n) is 2.66. The number of nitrogens with zero attached hydrogens (tertiary/aromatic N) is 1. The third-order valence-corrected chi connectivity index (χ3v) is 5.94. The van der Waals surface area contributed by atoms with Gasteiger partial charge in [0.05, 0.1) is 4.91 Å². The summed E-state index contributed by atoms with van der Waals surface area (Å²) in [6.07, 6.45) is 1.83. The van der Waals surface area contributed by atoms with E-state index in [1.807, 2.05) is 62.4 Å². The van der Waals surface area contributed by atoms with Gasteiger partial charge in [-0.1, -0.05) is 53.8 Å². The molecule has 4 nitrogen and oxygen atoms in total. The molecule has 0 spiro atoms. The molecule has 2 aromatic rings. The molecule has 0 atom stereocenters. The Morgan fingerprint density at radius 1 is 1.18 bits per heavy atom. The molecule has 0 saturated carbocycles. The van der Waals surface area contributed by atoms with E-state index >= 15 is 0 Å². The quantitative estimate of drug-likeness (QED) is 0.335. The van der Waals surface area contributed by atoms with Crippen molar-refractivity contribution in [3.8, 4) is 11.5 Å². The Balaban J connectivity index is 1.63. The van der Waals surface area contributed by atoms with Crippen molar-refractivity contribution in [2.75, 3.05) is 19.8 Å². The highest BCUT2D eigenvalue weighted by Crippen LogP contribution is 2.34. The Kier molecular flexibility index (Phi) is 6.99. The molecule has 7 heteroatoms. The maximum atomic E-state index is 12.4. The van der Waals surface area contributed by atoms with Crippen LogP contribution in [0.1, 0.15) is 18.1 Å². The van der Waals surface area contributed by atoms with E-state index in [1.165, 1.54) is 11.8 Å². The van der Waals surface area contributed by atoms with Crippen LogP contribution in [0.5, 0.6) is 11.5 Å². The largest absolute Gasteiger partial charge is 0.490 e. The Morgan fingerprint density at radius 3 is 2.64 bits per heavy atom. The van der Waals surface area contributed by atoms with Crippen molar-refractivity contribution in [2.24, 2.45) is 0 Å². The molecular weight excluding hydrogens is 414 g/mol. The molecule has 1 fully saturated rings. The Bertz CT molecular complexity index is 930. The first-order valence-electron chi connectivity index (χ1n) is 8.85. The molecule has 2 aromatic carbocycles. The van der Waals surface area contributed by atoms with Crippen LogP contribution in [-0.4, -0.2) is 34.9 Å². The first kappa shape index (κ1) is 20.7. The van der Waals surface area contributed by atoms with Gasteiger partial charge in [0, 0.05) is 17.1 Å². The van der Waals surface area contributed by atoms with E-state index in [9.17, 15) is 4.79 Å². The van der Waals surface area contributed by atoms with Crippen LogP contribution in [0.25, 0.3) is 6.08 Å². The summed E-state index contributed by atoms with van der Waals surface area (Å²) in [5.74, 6) is 1.39. The molecule has 1 aliphatic heterocycles. The van der Waals surface area contributed by atoms with Crippen molar-refractivity contribution < 1.29 is 14.3 Å². The number of ether oxygens (including phenoxy) is 2. The molecule has 0 unspecified atom stereocenters. The van der Waals surface area contributed by atoms with Gasteiger partial charge < -0.3 is 9.47 Å². The number of amides is 1. The molecule has 0 N–H and O–H groups in total. The number of likely N-dealkylation sites (N-methyl/N-ethyl adjacent to an activating group) is 1. The van der Waals surface area contributed by atoms with Crippen LogP contribution < -0.4 is 9.47 Å². The molecule has 0 aromatic heterocycles. The summed E-state index contributed by atoms with van der Waals surface area (Å²) in [6, 6.07) is 13.1. The number of halogens is 1. The van der Waals surface area contributed by atoms with Crippen LogP contribution >= 0.6 is 35.6 Å². The zero-order valence-electron chi connectivity index (χ0n) is 15.6. The summed E-state index contributed by atoms with van der Waals surface area (Å²) in [6.45, 7) is 5.19. The number of hydrogen-bond donors (Lipinski definition) is 0. The maximum Gasteiger partial charge on any atom is 0.266 e. The fraction of sp³-hybridized carbons (Fsp3) is 0.238. The number of aryl methyl sites for hydroxylation is 1. The van der Waals surface area contributed by atoms with Gasteiger partial charge in [-0.05, 0) is 49.8 Å². The van der Waals surface area contributed by atoms with Crippen LogP contribution in [0.2, 0.25) is 5.02 Å². The van der Waals surface area contributed by atoms with Gasteiger partial charge in [-0.2, -0.15) is 0 Å². The average Bonchev–Trinajstić information content (AvgIpc) is 2.95. The van der Waals surface area contributed by atoms with Gasteiger partial charge in [-0.15, -0.1) is 0 Å². The molecule has 3 rings (SSSR count). The first-order chi connectivity index (χ1) is 13.5. The number of hydrogen-bond acceptors (Lipinski definition) is 5. The van der Waals surface area contributed by atoms with Gasteiger partial charge in [0.2, 0.25) is 0 Å². The number of benzene rings is 2. The van der Waals surface area contributed by atoms with E-state index in [4.69, 9.17) is 33.3 Å². The monoisotopic (exact) mass is 433 g/mol. The molecule has 0 aliphatic carbocycles. The first-order valence-corrected chi connectivity index (χ1v) is 10.5. The lowest BCUT2D eigenvalue weighted by molar-refractivity contribution is -0.121. The summed E-state index contributed by atoms with van der Waals surface area (Å²) < 4.78 is 12.2. The Labute approximate surface area is 179 Å². The summed E-state index contributed by atoms with van der Waals surface area (Å²) in [7, 11) is 0. The number of carbonyl (C=O) groups is 1. The van der Waals surface area contributed by atoms with Crippen molar-refractivity contribution >= 4 is 51.9 Å². The van der Waals surface area contributed by atoms with E-state index in [2.05, 4.69) is 0 Å². The molecule has 1 aliphatic rings. The summed E-state index contributed by atoms with van der Waals surface area (Å²) in [5, 5.41) is 0.714. The van der Waals surface area contributed by atoms with Crippen LogP contribution in [0.15, 0.2) is 47.4 Å². The summed E-state index contributed by atoms with van der Waals surface area (Å²) in [5.41, 5.74) is 1.80. The Morgan fingerprint density at radius 2 is 1.93 bits per heavy atom. The molecular formula is C21H20ClNO3S2. The van der Waals surface area contributed by atoms with Gasteiger partial charge in [0.1, 0.15) is 29.0 Å². The van der Waals surface area contributed by atoms with Crippen LogP contribution in [0.3, 0.4) is 0 Å². The highest BCUT2D eigenvalue weighted by Gasteiger charge is 2.30. The SMILES string of the molecule is CCN1C(=O)/C(=C/c2ccccc2OCCOc2ccc(Cl)c(C)c2)SC1=S. The number of carbonyl (C=O) groups excluding carboxylic acids is 1. The van der Waals surface area contributed by atoms with Gasteiger partial charge >= 0.3 is 0 Å². The smallest absolute Gasteiger partial charge is 0.266 e. The summed E-state index contributed by atoms with van der Waals surface area (Å²) >= 11 is 12.6. The zero-order chi connectivity index (χ0) is 20.1. The second-order valence-electron chi connectivity index (χ2n) is 6.07. The van der Waals surface area contributed by atoms with Gasteiger partial charge in [-0.3, -0.25) is 9.69 Å². The highest BCUT2D eigenvalue weighted by atomic mass is 35.5. The molecule has 1 heterocycles. The normalized spacial score (nSPS) is 15.4. The van der Waals surface area contributed by atoms with Crippen LogP contribution in [-0.2, 0) is 4.79 Å². The van der Waals surface area contributed by atoms with Crippen LogP contribution in [0, 0.1) is 6.92 Å². The number of thiocarbonyl (C=S) groups is 1. The van der Waals surface area contributed by atoms with Gasteiger partial charge in [0.25, 0.3) is 5.91 Å². The van der Waals surface area contributed by atoms with E-state index in [1.54, 1.807) is 4.90 Å². The lowest BCUT2D eigenvalue weighted by Gasteiger charge is -2.11. The minimum Gasteiger partial charge on any atom is -0.490 e. The third kappa shape index (κ3) is 4.87. The van der Waals surface area contributed by atoms with Crippen molar-refractivity contribution in [1.29, 1.82) is 0 Å². The predicted molar refractivity (Wildman–Crippen MR) is 119 cm³/mol. The lowest BCUT2D eigenvalue weighted by Crippen LogP contribution is -2.27. The zero-order valence-corrected chi connectivity index (χ0v) is 18.0. The van der Waals surface area contributed by atoms with Crippen molar-refractivity contribution in [3.05, 3.63) is 63.5 Å².